The lowest BCUT2D eigenvalue weighted by Gasteiger charge is -2.31. The molecule has 1 fully saturated rings. The Balaban J connectivity index is 1.54. The van der Waals surface area contributed by atoms with Gasteiger partial charge in [-0.3, -0.25) is 0 Å². The molecule has 1 aromatic heterocycles. The second kappa shape index (κ2) is 6.83. The Bertz CT molecular complexity index is 695. The summed E-state index contributed by atoms with van der Waals surface area (Å²) in [5, 5.41) is 3.70. The molecule has 0 bridgehead atoms. The topological polar surface area (TPSA) is 57.5 Å². The van der Waals surface area contributed by atoms with Crippen LogP contribution in [0.25, 0.3) is 0 Å². The summed E-state index contributed by atoms with van der Waals surface area (Å²) in [6, 6.07) is 6.24. The molecule has 0 aliphatic carbocycles. The lowest BCUT2D eigenvalue weighted by molar-refractivity contribution is 0.0517. The highest BCUT2D eigenvalue weighted by molar-refractivity contribution is 5.48. The molecule has 0 amide bonds. The van der Waals surface area contributed by atoms with Crippen molar-refractivity contribution in [1.29, 1.82) is 0 Å². The average molecular weight is 329 g/mol. The van der Waals surface area contributed by atoms with Gasteiger partial charge in [0.25, 0.3) is 0 Å². The zero-order valence-corrected chi connectivity index (χ0v) is 13.9. The van der Waals surface area contributed by atoms with Gasteiger partial charge < -0.3 is 24.1 Å². The Morgan fingerprint density at radius 1 is 1.29 bits per heavy atom. The van der Waals surface area contributed by atoms with E-state index in [4.69, 9.17) is 14.2 Å². The first-order valence-corrected chi connectivity index (χ1v) is 8.49. The van der Waals surface area contributed by atoms with E-state index in [0.29, 0.717) is 12.7 Å². The first kappa shape index (κ1) is 15.5. The van der Waals surface area contributed by atoms with Gasteiger partial charge in [-0.25, -0.2) is 4.98 Å². The molecule has 6 heteroatoms. The SMILES string of the molecule is Cn1ccnc1[C@@H](NCc1cccc2c1OCO2)C1CCOCC1. The van der Waals surface area contributed by atoms with Crippen LogP contribution in [-0.2, 0) is 18.3 Å². The van der Waals surface area contributed by atoms with E-state index in [1.807, 2.05) is 31.6 Å². The van der Waals surface area contributed by atoms with E-state index in [2.05, 4.69) is 20.9 Å². The van der Waals surface area contributed by atoms with Gasteiger partial charge in [0, 0.05) is 44.8 Å². The lowest BCUT2D eigenvalue weighted by atomic mass is 9.91. The first-order chi connectivity index (χ1) is 11.8. The molecule has 4 rings (SSSR count). The number of nitrogens with one attached hydrogen (secondary N) is 1. The zero-order valence-electron chi connectivity index (χ0n) is 13.9. The number of aromatic nitrogens is 2. The van der Waals surface area contributed by atoms with Crippen LogP contribution in [0.4, 0.5) is 0 Å². The molecule has 1 aromatic carbocycles. The number of benzene rings is 1. The molecule has 0 saturated carbocycles. The van der Waals surface area contributed by atoms with Crippen LogP contribution in [0.15, 0.2) is 30.6 Å². The molecule has 6 nitrogen and oxygen atoms in total. The predicted molar refractivity (Wildman–Crippen MR) is 88.9 cm³/mol. The van der Waals surface area contributed by atoms with E-state index in [0.717, 1.165) is 55.5 Å². The molecule has 2 aliphatic rings. The number of para-hydroxylation sites is 1. The Morgan fingerprint density at radius 3 is 2.96 bits per heavy atom. The van der Waals surface area contributed by atoms with Gasteiger partial charge in [0.15, 0.2) is 11.5 Å². The van der Waals surface area contributed by atoms with Gasteiger partial charge in [-0.1, -0.05) is 12.1 Å². The van der Waals surface area contributed by atoms with Crippen molar-refractivity contribution < 1.29 is 14.2 Å². The summed E-state index contributed by atoms with van der Waals surface area (Å²) in [7, 11) is 2.05. The number of nitrogens with zero attached hydrogens (tertiary/aromatic N) is 2. The van der Waals surface area contributed by atoms with E-state index in [-0.39, 0.29) is 6.04 Å². The van der Waals surface area contributed by atoms with Crippen molar-refractivity contribution in [3.05, 3.63) is 42.0 Å². The molecule has 1 N–H and O–H groups in total. The number of rotatable bonds is 5. The van der Waals surface area contributed by atoms with Crippen LogP contribution in [0.5, 0.6) is 11.5 Å². The molecule has 3 heterocycles. The summed E-state index contributed by atoms with van der Waals surface area (Å²) in [6.45, 7) is 2.67. The van der Waals surface area contributed by atoms with Crippen molar-refractivity contribution in [2.45, 2.75) is 25.4 Å². The number of hydrogen-bond donors (Lipinski definition) is 1. The molecule has 128 valence electrons. The fourth-order valence-electron chi connectivity index (χ4n) is 3.54. The minimum absolute atomic E-state index is 0.201. The first-order valence-electron chi connectivity index (χ1n) is 8.49. The van der Waals surface area contributed by atoms with Gasteiger partial charge in [0.1, 0.15) is 5.82 Å². The van der Waals surface area contributed by atoms with Crippen LogP contribution in [0.1, 0.15) is 30.3 Å². The summed E-state index contributed by atoms with van der Waals surface area (Å²) in [4.78, 5) is 4.58. The molecule has 2 aliphatic heterocycles. The van der Waals surface area contributed by atoms with Crippen molar-refractivity contribution in [3.8, 4) is 11.5 Å². The van der Waals surface area contributed by atoms with Gasteiger partial charge in [0.05, 0.1) is 6.04 Å². The van der Waals surface area contributed by atoms with E-state index < -0.39 is 0 Å². The maximum Gasteiger partial charge on any atom is 0.231 e. The number of ether oxygens (including phenoxy) is 3. The molecule has 0 radical (unpaired) electrons. The largest absolute Gasteiger partial charge is 0.454 e. The third kappa shape index (κ3) is 2.99. The maximum atomic E-state index is 5.62. The number of aryl methyl sites for hydroxylation is 1. The fourth-order valence-corrected chi connectivity index (χ4v) is 3.54. The van der Waals surface area contributed by atoms with Crippen LogP contribution in [0.2, 0.25) is 0 Å². The summed E-state index contributed by atoms with van der Waals surface area (Å²) in [5.41, 5.74) is 1.12. The number of hydrogen-bond acceptors (Lipinski definition) is 5. The van der Waals surface area contributed by atoms with Crippen LogP contribution < -0.4 is 14.8 Å². The van der Waals surface area contributed by atoms with Gasteiger partial charge in [-0.15, -0.1) is 0 Å². The molecule has 0 spiro atoms. The lowest BCUT2D eigenvalue weighted by Crippen LogP contribution is -2.33. The smallest absolute Gasteiger partial charge is 0.231 e. The average Bonchev–Trinajstić information content (AvgIpc) is 3.26. The van der Waals surface area contributed by atoms with Crippen LogP contribution in [-0.4, -0.2) is 29.6 Å². The quantitative estimate of drug-likeness (QED) is 0.913. The Morgan fingerprint density at radius 2 is 2.17 bits per heavy atom. The Hall–Kier alpha value is -2.05. The minimum atomic E-state index is 0.201. The van der Waals surface area contributed by atoms with Gasteiger partial charge in [-0.05, 0) is 24.8 Å². The van der Waals surface area contributed by atoms with Gasteiger partial charge >= 0.3 is 0 Å². The van der Waals surface area contributed by atoms with Crippen LogP contribution >= 0.6 is 0 Å². The molecular formula is C18H23N3O3. The van der Waals surface area contributed by atoms with Gasteiger partial charge in [0.2, 0.25) is 6.79 Å². The van der Waals surface area contributed by atoms with Crippen molar-refractivity contribution in [2.75, 3.05) is 20.0 Å². The third-order valence-electron chi connectivity index (χ3n) is 4.86. The van der Waals surface area contributed by atoms with Gasteiger partial charge in [-0.2, -0.15) is 0 Å². The summed E-state index contributed by atoms with van der Waals surface area (Å²) in [6.07, 6.45) is 5.97. The molecule has 1 saturated heterocycles. The molecule has 1 atom stereocenters. The molecular weight excluding hydrogens is 306 g/mol. The van der Waals surface area contributed by atoms with Crippen molar-refractivity contribution in [1.82, 2.24) is 14.9 Å². The maximum absolute atomic E-state index is 5.62. The second-order valence-electron chi connectivity index (χ2n) is 6.36. The minimum Gasteiger partial charge on any atom is -0.454 e. The van der Waals surface area contributed by atoms with Crippen LogP contribution in [0, 0.1) is 5.92 Å². The third-order valence-corrected chi connectivity index (χ3v) is 4.86. The predicted octanol–water partition coefficient (Wildman–Crippen LogP) is 2.41. The monoisotopic (exact) mass is 329 g/mol. The summed E-state index contributed by atoms with van der Waals surface area (Å²) >= 11 is 0. The molecule has 0 unspecified atom stereocenters. The summed E-state index contributed by atoms with van der Waals surface area (Å²) in [5.74, 6) is 3.28. The van der Waals surface area contributed by atoms with E-state index in [1.54, 1.807) is 0 Å². The Labute approximate surface area is 141 Å². The highest BCUT2D eigenvalue weighted by Gasteiger charge is 2.28. The highest BCUT2D eigenvalue weighted by Crippen LogP contribution is 2.36. The van der Waals surface area contributed by atoms with Crippen molar-refractivity contribution in [2.24, 2.45) is 13.0 Å². The van der Waals surface area contributed by atoms with Crippen molar-refractivity contribution in [3.63, 3.8) is 0 Å². The standard InChI is InChI=1S/C18H23N3O3/c1-21-8-7-19-18(21)16(13-5-9-22-10-6-13)20-11-14-3-2-4-15-17(14)24-12-23-15/h2-4,7-8,13,16,20H,5-6,9-12H2,1H3/t16-/m0/s1. The number of imidazole rings is 1. The summed E-state index contributed by atoms with van der Waals surface area (Å²) < 4.78 is 18.7. The normalized spacial score (nSPS) is 18.7. The Kier molecular flexibility index (Phi) is 4.40. The van der Waals surface area contributed by atoms with E-state index in [1.165, 1.54) is 0 Å². The molecule has 2 aromatic rings. The van der Waals surface area contributed by atoms with Crippen LogP contribution in [0.3, 0.4) is 0 Å². The molecule has 24 heavy (non-hydrogen) atoms. The fraction of sp³-hybridized carbons (Fsp3) is 0.500. The van der Waals surface area contributed by atoms with E-state index in [9.17, 15) is 0 Å². The van der Waals surface area contributed by atoms with Crippen molar-refractivity contribution >= 4 is 0 Å². The van der Waals surface area contributed by atoms with E-state index >= 15 is 0 Å². The number of fused-ring (bicyclic) bond motifs is 1. The second-order valence-corrected chi connectivity index (χ2v) is 6.36. The zero-order chi connectivity index (χ0) is 16.4. The highest BCUT2D eigenvalue weighted by atomic mass is 16.7.